The zero-order valence-corrected chi connectivity index (χ0v) is 31.7. The Morgan fingerprint density at radius 2 is 1.83 bits per heavy atom. The van der Waals surface area contributed by atoms with E-state index in [2.05, 4.69) is 71.7 Å². The molecule has 0 spiro atoms. The third-order valence-electron chi connectivity index (χ3n) is 13.7. The van der Waals surface area contributed by atoms with Gasteiger partial charge in [0.25, 0.3) is 5.91 Å². The van der Waals surface area contributed by atoms with Crippen molar-refractivity contribution < 1.29 is 19.2 Å². The van der Waals surface area contributed by atoms with Crippen molar-refractivity contribution in [3.8, 4) is 11.8 Å². The lowest BCUT2D eigenvalue weighted by Gasteiger charge is -2.53. The molecule has 4 aromatic rings. The van der Waals surface area contributed by atoms with Crippen LogP contribution in [0, 0.1) is 47.3 Å². The minimum atomic E-state index is -0.831. The van der Waals surface area contributed by atoms with Crippen molar-refractivity contribution in [2.75, 3.05) is 10.6 Å². The Labute approximate surface area is 317 Å². The highest BCUT2D eigenvalue weighted by Crippen LogP contribution is 2.67. The summed E-state index contributed by atoms with van der Waals surface area (Å²) in [5, 5.41) is 9.19. The molecule has 278 valence electrons. The Morgan fingerprint density at radius 1 is 1.00 bits per heavy atom. The summed E-state index contributed by atoms with van der Waals surface area (Å²) < 4.78 is 0. The van der Waals surface area contributed by atoms with E-state index >= 15 is 0 Å². The van der Waals surface area contributed by atoms with Crippen molar-refractivity contribution in [1.82, 2.24) is 10.3 Å². The summed E-state index contributed by atoms with van der Waals surface area (Å²) in [5.41, 5.74) is 7.46. The quantitative estimate of drug-likeness (QED) is 0.113. The van der Waals surface area contributed by atoms with Crippen molar-refractivity contribution in [3.05, 3.63) is 94.7 Å². The number of aryl methyl sites for hydroxylation is 2. The van der Waals surface area contributed by atoms with E-state index in [0.29, 0.717) is 40.8 Å². The average molecular weight is 723 g/mol. The molecule has 3 amide bonds. The molecule has 2 saturated carbocycles. The van der Waals surface area contributed by atoms with Gasteiger partial charge < -0.3 is 20.9 Å². The van der Waals surface area contributed by atoms with Gasteiger partial charge in [0.1, 0.15) is 6.04 Å². The van der Waals surface area contributed by atoms with E-state index in [-0.39, 0.29) is 53.1 Å². The van der Waals surface area contributed by atoms with E-state index in [1.807, 2.05) is 19.1 Å². The molecule has 7 atom stereocenters. The van der Waals surface area contributed by atoms with E-state index in [1.165, 1.54) is 37.7 Å². The second-order valence-electron chi connectivity index (χ2n) is 16.8. The summed E-state index contributed by atoms with van der Waals surface area (Å²) in [6.07, 6.45) is 9.72. The molecule has 3 aromatic carbocycles. The molecular formula is C46H50N4O4. The summed E-state index contributed by atoms with van der Waals surface area (Å²) in [4.78, 5) is 55.2. The van der Waals surface area contributed by atoms with Crippen LogP contribution in [-0.4, -0.2) is 34.5 Å². The van der Waals surface area contributed by atoms with Gasteiger partial charge in [0.2, 0.25) is 11.8 Å². The van der Waals surface area contributed by atoms with Gasteiger partial charge in [-0.3, -0.25) is 19.2 Å². The van der Waals surface area contributed by atoms with Gasteiger partial charge in [-0.05, 0) is 117 Å². The maximum absolute atomic E-state index is 13.7. The van der Waals surface area contributed by atoms with E-state index in [9.17, 15) is 19.2 Å². The maximum Gasteiger partial charge on any atom is 0.254 e. The minimum absolute atomic E-state index is 0.0357. The standard InChI is InChI=1S/C46H50N4O4/c1-27-11-14-31-29(24-27)12-15-33-32(31)19-23-46(4)37(33)20-22-45(46,3)21-7-8-28(2)42(52)36-26-47-40-25-30(13-16-34(36)40)48-41(51)18-17-39-44(54)49-38-10-6-5-9-35(38)43(53)50-39/h5-6,9-11,13-14,16,24-26,28,32-33,37,39,47H,8,12,15,17-20,22-23H2,1-4H3,(H,48,51)(H,49,54)(H,50,53)/t28?,32?,33?,37?,39?,45?,46-/m0/s1. The Morgan fingerprint density at radius 3 is 2.69 bits per heavy atom. The second kappa shape index (κ2) is 13.9. The highest BCUT2D eigenvalue weighted by Gasteiger charge is 2.59. The van der Waals surface area contributed by atoms with Crippen molar-refractivity contribution in [2.45, 2.75) is 97.4 Å². The van der Waals surface area contributed by atoms with Crippen molar-refractivity contribution in [1.29, 1.82) is 0 Å². The molecular weight excluding hydrogens is 673 g/mol. The molecule has 54 heavy (non-hydrogen) atoms. The number of carbonyl (C=O) groups is 4. The summed E-state index contributed by atoms with van der Waals surface area (Å²) in [6.45, 7) is 9.06. The molecule has 3 aliphatic carbocycles. The van der Waals surface area contributed by atoms with E-state index < -0.39 is 6.04 Å². The monoisotopic (exact) mass is 722 g/mol. The third kappa shape index (κ3) is 6.32. The highest BCUT2D eigenvalue weighted by atomic mass is 16.2. The van der Waals surface area contributed by atoms with Crippen LogP contribution < -0.4 is 16.0 Å². The molecule has 0 saturated heterocycles. The van der Waals surface area contributed by atoms with Crippen molar-refractivity contribution in [3.63, 3.8) is 0 Å². The Hall–Kier alpha value is -5.16. The fourth-order valence-corrected chi connectivity index (χ4v) is 10.4. The average Bonchev–Trinajstić information content (AvgIpc) is 3.66. The molecule has 6 unspecified atom stereocenters. The number of para-hydroxylation sites is 1. The van der Waals surface area contributed by atoms with Crippen LogP contribution in [0.15, 0.2) is 66.9 Å². The predicted octanol–water partition coefficient (Wildman–Crippen LogP) is 8.72. The first-order chi connectivity index (χ1) is 25.9. The number of hydrogen-bond donors (Lipinski definition) is 4. The number of benzene rings is 3. The molecule has 2 fully saturated rings. The largest absolute Gasteiger partial charge is 0.360 e. The zero-order valence-electron chi connectivity index (χ0n) is 31.7. The van der Waals surface area contributed by atoms with Crippen LogP contribution >= 0.6 is 0 Å². The number of ketones is 1. The first-order valence-electron chi connectivity index (χ1n) is 19.7. The number of aromatic nitrogens is 1. The van der Waals surface area contributed by atoms with Gasteiger partial charge in [0, 0.05) is 52.5 Å². The van der Waals surface area contributed by atoms with Gasteiger partial charge in [-0.25, -0.2) is 0 Å². The van der Waals surface area contributed by atoms with Crippen LogP contribution in [0.4, 0.5) is 11.4 Å². The number of Topliss-reactive ketones (excluding diaryl/α,β-unsaturated/α-hetero) is 1. The number of rotatable bonds is 7. The number of aromatic amines is 1. The van der Waals surface area contributed by atoms with Gasteiger partial charge in [0.15, 0.2) is 5.78 Å². The molecule has 1 aliphatic heterocycles. The summed E-state index contributed by atoms with van der Waals surface area (Å²) in [7, 11) is 0. The molecule has 1 aromatic heterocycles. The number of fused-ring (bicyclic) bond motifs is 7. The summed E-state index contributed by atoms with van der Waals surface area (Å²) in [5.74, 6) is 8.18. The van der Waals surface area contributed by atoms with Gasteiger partial charge in [-0.2, -0.15) is 0 Å². The molecule has 0 radical (unpaired) electrons. The van der Waals surface area contributed by atoms with Crippen LogP contribution in [0.3, 0.4) is 0 Å². The Kier molecular flexibility index (Phi) is 9.24. The number of hydrogen-bond acceptors (Lipinski definition) is 4. The van der Waals surface area contributed by atoms with Crippen LogP contribution in [-0.2, 0) is 16.0 Å². The second-order valence-corrected chi connectivity index (χ2v) is 16.8. The van der Waals surface area contributed by atoms with Gasteiger partial charge in [-0.15, -0.1) is 5.92 Å². The topological polar surface area (TPSA) is 120 Å². The molecule has 8 rings (SSSR count). The van der Waals surface area contributed by atoms with Crippen LogP contribution in [0.2, 0.25) is 0 Å². The normalized spacial score (nSPS) is 27.5. The smallest absolute Gasteiger partial charge is 0.254 e. The van der Waals surface area contributed by atoms with Crippen molar-refractivity contribution >= 4 is 45.8 Å². The summed E-state index contributed by atoms with van der Waals surface area (Å²) >= 11 is 0. The number of carbonyl (C=O) groups excluding carboxylic acids is 4. The molecule has 4 N–H and O–H groups in total. The van der Waals surface area contributed by atoms with Gasteiger partial charge in [-0.1, -0.05) is 61.7 Å². The highest BCUT2D eigenvalue weighted by molar-refractivity contribution is 6.11. The lowest BCUT2D eigenvalue weighted by molar-refractivity contribution is -0.118. The molecule has 8 heteroatoms. The maximum atomic E-state index is 13.7. The molecule has 8 nitrogen and oxygen atoms in total. The van der Waals surface area contributed by atoms with Crippen LogP contribution in [0.5, 0.6) is 0 Å². The van der Waals surface area contributed by atoms with Gasteiger partial charge in [0.05, 0.1) is 11.3 Å². The lowest BCUT2D eigenvalue weighted by atomic mass is 9.51. The van der Waals surface area contributed by atoms with Crippen LogP contribution in [0.1, 0.15) is 115 Å². The fourth-order valence-electron chi connectivity index (χ4n) is 10.4. The predicted molar refractivity (Wildman–Crippen MR) is 212 cm³/mol. The molecule has 2 heterocycles. The number of anilines is 2. The van der Waals surface area contributed by atoms with Crippen molar-refractivity contribution in [2.24, 2.45) is 28.6 Å². The Bertz CT molecular complexity index is 2240. The van der Waals surface area contributed by atoms with E-state index in [0.717, 1.165) is 23.2 Å². The van der Waals surface area contributed by atoms with Crippen LogP contribution in [0.25, 0.3) is 10.9 Å². The first-order valence-corrected chi connectivity index (χ1v) is 19.7. The van der Waals surface area contributed by atoms with Gasteiger partial charge >= 0.3 is 0 Å². The molecule has 4 aliphatic rings. The SMILES string of the molecule is Cc1ccc2c(c1)CCC1C2CC[C@@]2(C)C1CCC2(C)C#CCC(C)C(=O)c1c[nH]c2cc(NC(=O)CCC3NC(=O)c4ccccc4NC3=O)ccc12. The Balaban J connectivity index is 0.873. The number of amides is 3. The number of H-pyrrole nitrogens is 1. The fraction of sp³-hybridized carbons (Fsp3) is 0.435. The lowest BCUT2D eigenvalue weighted by Crippen LogP contribution is -2.45. The van der Waals surface area contributed by atoms with E-state index in [1.54, 1.807) is 47.7 Å². The number of nitrogens with one attached hydrogen (secondary N) is 4. The zero-order chi connectivity index (χ0) is 37.8. The summed E-state index contributed by atoms with van der Waals surface area (Å²) in [6, 6.07) is 18.5. The van der Waals surface area contributed by atoms with E-state index in [4.69, 9.17) is 0 Å². The first kappa shape index (κ1) is 35.8. The third-order valence-corrected chi connectivity index (χ3v) is 13.7. The minimum Gasteiger partial charge on any atom is -0.360 e. The molecule has 0 bridgehead atoms.